The summed E-state index contributed by atoms with van der Waals surface area (Å²) in [6, 6.07) is -0.741. The molecule has 1 saturated heterocycles. The Morgan fingerprint density at radius 1 is 1.26 bits per heavy atom. The van der Waals surface area contributed by atoms with Gasteiger partial charge in [-0.1, -0.05) is 13.8 Å². The van der Waals surface area contributed by atoms with Crippen LogP contribution in [-0.2, 0) is 4.79 Å². The van der Waals surface area contributed by atoms with Crippen LogP contribution in [0.15, 0.2) is 11.6 Å². The first kappa shape index (κ1) is 17.7. The average Bonchev–Trinajstić information content (AvgIpc) is 3.06. The van der Waals surface area contributed by atoms with E-state index in [9.17, 15) is 9.59 Å². The monoisotopic (exact) mass is 339 g/mol. The minimum Gasteiger partial charge on any atom is -0.346 e. The first-order chi connectivity index (χ1) is 11.0. The molecule has 2 rings (SSSR count). The van der Waals surface area contributed by atoms with E-state index < -0.39 is 6.03 Å². The van der Waals surface area contributed by atoms with Crippen molar-refractivity contribution in [3.05, 3.63) is 11.6 Å². The first-order valence-electron chi connectivity index (χ1n) is 7.94. The summed E-state index contributed by atoms with van der Waals surface area (Å²) in [5.74, 6) is 0.0983. The maximum atomic E-state index is 12.2. The predicted octanol–water partition coefficient (Wildman–Crippen LogP) is 1.14. The van der Waals surface area contributed by atoms with Crippen LogP contribution in [0.4, 0.5) is 9.93 Å². The number of piperazine rings is 1. The molecular formula is C15H25N5O2S. The van der Waals surface area contributed by atoms with Gasteiger partial charge in [0.25, 0.3) is 0 Å². The summed E-state index contributed by atoms with van der Waals surface area (Å²) in [5.41, 5.74) is 0. The maximum Gasteiger partial charge on any atom is 0.321 e. The standard InChI is InChI=1S/C15H25N5O2S/c1-11(2)10-17-14(22)18-13(21)12(3)19-5-7-20(8-6-19)15-16-4-9-23-15/h4,9,11-12H,5-8,10H2,1-3H3,(H2,17,18,21,22)/t12-/m0/s1. The molecule has 128 valence electrons. The second-order valence-corrected chi connectivity index (χ2v) is 6.98. The molecule has 1 aliphatic heterocycles. The summed E-state index contributed by atoms with van der Waals surface area (Å²) in [4.78, 5) is 32.5. The molecule has 0 aliphatic carbocycles. The lowest BCUT2D eigenvalue weighted by Gasteiger charge is -2.37. The van der Waals surface area contributed by atoms with E-state index in [4.69, 9.17) is 0 Å². The quantitative estimate of drug-likeness (QED) is 0.841. The number of nitrogens with zero attached hydrogens (tertiary/aromatic N) is 3. The van der Waals surface area contributed by atoms with Crippen LogP contribution >= 0.6 is 11.3 Å². The molecule has 0 spiro atoms. The van der Waals surface area contributed by atoms with Crippen molar-refractivity contribution < 1.29 is 9.59 Å². The lowest BCUT2D eigenvalue weighted by atomic mass is 10.2. The molecule has 3 amide bonds. The number of rotatable bonds is 5. The summed E-state index contributed by atoms with van der Waals surface area (Å²) < 4.78 is 0. The molecule has 0 saturated carbocycles. The Hall–Kier alpha value is -1.67. The number of anilines is 1. The van der Waals surface area contributed by atoms with Gasteiger partial charge in [-0.2, -0.15) is 0 Å². The van der Waals surface area contributed by atoms with Crippen LogP contribution in [0.2, 0.25) is 0 Å². The normalized spacial score (nSPS) is 17.1. The van der Waals surface area contributed by atoms with Gasteiger partial charge in [-0.3, -0.25) is 15.0 Å². The number of hydrogen-bond acceptors (Lipinski definition) is 6. The minimum atomic E-state index is -0.419. The molecule has 0 radical (unpaired) electrons. The Morgan fingerprint density at radius 2 is 1.96 bits per heavy atom. The highest BCUT2D eigenvalue weighted by Crippen LogP contribution is 2.19. The van der Waals surface area contributed by atoms with Crippen molar-refractivity contribution in [3.8, 4) is 0 Å². The van der Waals surface area contributed by atoms with Crippen LogP contribution in [0.5, 0.6) is 0 Å². The van der Waals surface area contributed by atoms with Gasteiger partial charge in [0.2, 0.25) is 5.91 Å². The van der Waals surface area contributed by atoms with Gasteiger partial charge in [-0.05, 0) is 12.8 Å². The zero-order chi connectivity index (χ0) is 16.8. The smallest absolute Gasteiger partial charge is 0.321 e. The van der Waals surface area contributed by atoms with E-state index >= 15 is 0 Å². The van der Waals surface area contributed by atoms with Gasteiger partial charge in [0, 0.05) is 44.3 Å². The number of amides is 3. The van der Waals surface area contributed by atoms with E-state index in [0.717, 1.165) is 31.3 Å². The Kier molecular flexibility index (Phi) is 6.35. The number of nitrogens with one attached hydrogen (secondary N) is 2. The third-order valence-electron chi connectivity index (χ3n) is 3.84. The van der Waals surface area contributed by atoms with E-state index in [-0.39, 0.29) is 11.9 Å². The van der Waals surface area contributed by atoms with E-state index in [0.29, 0.717) is 12.5 Å². The van der Waals surface area contributed by atoms with E-state index in [1.54, 1.807) is 17.5 Å². The molecule has 1 aromatic heterocycles. The van der Waals surface area contributed by atoms with Gasteiger partial charge in [0.05, 0.1) is 6.04 Å². The van der Waals surface area contributed by atoms with Crippen LogP contribution < -0.4 is 15.5 Å². The van der Waals surface area contributed by atoms with Crippen LogP contribution in [0.1, 0.15) is 20.8 Å². The molecular weight excluding hydrogens is 314 g/mol. The van der Waals surface area contributed by atoms with Crippen LogP contribution in [0.25, 0.3) is 0 Å². The van der Waals surface area contributed by atoms with Gasteiger partial charge >= 0.3 is 6.03 Å². The first-order valence-corrected chi connectivity index (χ1v) is 8.82. The third-order valence-corrected chi connectivity index (χ3v) is 4.67. The highest BCUT2D eigenvalue weighted by Gasteiger charge is 2.27. The molecule has 2 heterocycles. The molecule has 1 atom stereocenters. The fourth-order valence-electron chi connectivity index (χ4n) is 2.40. The largest absolute Gasteiger partial charge is 0.346 e. The number of thiazole rings is 1. The van der Waals surface area contributed by atoms with Gasteiger partial charge in [-0.15, -0.1) is 11.3 Å². The van der Waals surface area contributed by atoms with Crippen molar-refractivity contribution in [1.82, 2.24) is 20.5 Å². The Morgan fingerprint density at radius 3 is 2.52 bits per heavy atom. The van der Waals surface area contributed by atoms with Crippen LogP contribution in [0, 0.1) is 5.92 Å². The van der Waals surface area contributed by atoms with Crippen molar-refractivity contribution in [2.75, 3.05) is 37.6 Å². The third kappa shape index (κ3) is 5.18. The van der Waals surface area contributed by atoms with Crippen molar-refractivity contribution in [1.29, 1.82) is 0 Å². The summed E-state index contributed by atoms with van der Waals surface area (Å²) in [6.45, 7) is 9.64. The summed E-state index contributed by atoms with van der Waals surface area (Å²) in [7, 11) is 0. The molecule has 7 nitrogen and oxygen atoms in total. The van der Waals surface area contributed by atoms with Crippen molar-refractivity contribution >= 4 is 28.4 Å². The molecule has 0 aromatic carbocycles. The number of aromatic nitrogens is 1. The molecule has 0 unspecified atom stereocenters. The average molecular weight is 339 g/mol. The van der Waals surface area contributed by atoms with Crippen molar-refractivity contribution in [3.63, 3.8) is 0 Å². The van der Waals surface area contributed by atoms with Crippen LogP contribution in [0.3, 0.4) is 0 Å². The van der Waals surface area contributed by atoms with Gasteiger partial charge in [-0.25, -0.2) is 9.78 Å². The molecule has 1 aliphatic rings. The van der Waals surface area contributed by atoms with E-state index in [1.807, 2.05) is 26.2 Å². The second-order valence-electron chi connectivity index (χ2n) is 6.11. The topological polar surface area (TPSA) is 77.6 Å². The highest BCUT2D eigenvalue weighted by molar-refractivity contribution is 7.13. The second kappa shape index (κ2) is 8.26. The Labute approximate surface area is 141 Å². The van der Waals surface area contributed by atoms with Gasteiger partial charge in [0.1, 0.15) is 0 Å². The number of imide groups is 1. The summed E-state index contributed by atoms with van der Waals surface area (Å²) in [5, 5.41) is 8.10. The summed E-state index contributed by atoms with van der Waals surface area (Å²) in [6.07, 6.45) is 1.80. The zero-order valence-electron chi connectivity index (χ0n) is 13.9. The Balaban J connectivity index is 1.76. The Bertz CT molecular complexity index is 512. The number of urea groups is 1. The van der Waals surface area contributed by atoms with Gasteiger partial charge < -0.3 is 10.2 Å². The zero-order valence-corrected chi connectivity index (χ0v) is 14.7. The lowest BCUT2D eigenvalue weighted by molar-refractivity contribution is -0.124. The van der Waals surface area contributed by atoms with Gasteiger partial charge in [0.15, 0.2) is 5.13 Å². The number of hydrogen-bond donors (Lipinski definition) is 2. The van der Waals surface area contributed by atoms with E-state index in [2.05, 4.69) is 25.4 Å². The molecule has 2 N–H and O–H groups in total. The van der Waals surface area contributed by atoms with Crippen LogP contribution in [-0.4, -0.2) is 60.6 Å². The summed E-state index contributed by atoms with van der Waals surface area (Å²) >= 11 is 1.63. The fourth-order valence-corrected chi connectivity index (χ4v) is 3.09. The molecule has 1 aromatic rings. The molecule has 23 heavy (non-hydrogen) atoms. The highest BCUT2D eigenvalue weighted by atomic mass is 32.1. The van der Waals surface area contributed by atoms with Crippen molar-refractivity contribution in [2.24, 2.45) is 5.92 Å². The predicted molar refractivity (Wildman–Crippen MR) is 91.7 cm³/mol. The lowest BCUT2D eigenvalue weighted by Crippen LogP contribution is -2.55. The fraction of sp³-hybridized carbons (Fsp3) is 0.667. The molecule has 1 fully saturated rings. The maximum absolute atomic E-state index is 12.2. The van der Waals surface area contributed by atoms with Crippen molar-refractivity contribution in [2.45, 2.75) is 26.8 Å². The van der Waals surface area contributed by atoms with E-state index in [1.165, 1.54) is 0 Å². The minimum absolute atomic E-state index is 0.256. The molecule has 8 heteroatoms. The molecule has 0 bridgehead atoms. The SMILES string of the molecule is CC(C)CNC(=O)NC(=O)[C@H](C)N1CCN(c2nccs2)CC1. The number of carbonyl (C=O) groups is 2. The number of carbonyl (C=O) groups excluding carboxylic acids is 2.